The van der Waals surface area contributed by atoms with Crippen LogP contribution in [-0.4, -0.2) is 79.8 Å². The Morgan fingerprint density at radius 2 is 2.00 bits per heavy atom. The Morgan fingerprint density at radius 3 is 2.62 bits per heavy atom. The first kappa shape index (κ1) is 20.9. The van der Waals surface area contributed by atoms with Gasteiger partial charge in [0.15, 0.2) is 0 Å². The van der Waals surface area contributed by atoms with Gasteiger partial charge in [-0.3, -0.25) is 19.9 Å². The molecule has 0 aromatic rings. The highest BCUT2D eigenvalue weighted by molar-refractivity contribution is 5.92. The molecule has 1 aliphatic heterocycles. The topological polar surface area (TPSA) is 73.9 Å². The highest BCUT2D eigenvalue weighted by Gasteiger charge is 2.27. The van der Waals surface area contributed by atoms with Crippen molar-refractivity contribution >= 4 is 12.0 Å². The molecule has 2 amide bonds. The van der Waals surface area contributed by atoms with E-state index in [4.69, 9.17) is 4.74 Å². The molecule has 0 bridgehead atoms. The average molecular weight is 342 g/mol. The Kier molecular flexibility index (Phi) is 9.25. The molecule has 1 atom stereocenters. The number of likely N-dealkylation sites (N-methyl/N-ethyl adjacent to an activating group) is 1. The van der Waals surface area contributed by atoms with Gasteiger partial charge >= 0.3 is 6.09 Å². The summed E-state index contributed by atoms with van der Waals surface area (Å²) in [6.45, 7) is 11.5. The average Bonchev–Trinajstić information content (AvgIpc) is 2.93. The first-order valence-corrected chi connectivity index (χ1v) is 8.94. The van der Waals surface area contributed by atoms with Crippen molar-refractivity contribution in [3.05, 3.63) is 0 Å². The van der Waals surface area contributed by atoms with Gasteiger partial charge in [-0.2, -0.15) is 0 Å². The third kappa shape index (κ3) is 8.08. The second kappa shape index (κ2) is 10.6. The largest absolute Gasteiger partial charge is 0.448 e. The van der Waals surface area contributed by atoms with Crippen molar-refractivity contribution in [2.24, 2.45) is 0 Å². The number of carbonyl (C=O) groups excluding carboxylic acids is 2. The number of imide groups is 1. The van der Waals surface area contributed by atoms with Crippen molar-refractivity contribution in [2.45, 2.75) is 58.7 Å². The molecule has 0 aromatic carbocycles. The van der Waals surface area contributed by atoms with Crippen LogP contribution in [0.25, 0.3) is 0 Å². The van der Waals surface area contributed by atoms with E-state index in [1.165, 1.54) is 0 Å². The van der Waals surface area contributed by atoms with E-state index in [2.05, 4.69) is 43.2 Å². The highest BCUT2D eigenvalue weighted by atomic mass is 16.5. The van der Waals surface area contributed by atoms with Crippen LogP contribution in [-0.2, 0) is 9.53 Å². The van der Waals surface area contributed by atoms with Crippen LogP contribution in [0.15, 0.2) is 0 Å². The summed E-state index contributed by atoms with van der Waals surface area (Å²) in [4.78, 5) is 27.8. The molecule has 140 valence electrons. The van der Waals surface area contributed by atoms with Gasteiger partial charge in [-0.05, 0) is 40.3 Å². The Hall–Kier alpha value is -1.18. The second-order valence-electron chi connectivity index (χ2n) is 7.12. The molecule has 0 spiro atoms. The Balaban J connectivity index is 2.21. The summed E-state index contributed by atoms with van der Waals surface area (Å²) < 4.78 is 5.23. The Bertz CT molecular complexity index is 401. The predicted octanol–water partition coefficient (Wildman–Crippen LogP) is 1.04. The van der Waals surface area contributed by atoms with Crippen molar-refractivity contribution in [1.29, 1.82) is 0 Å². The molecule has 1 fully saturated rings. The first-order chi connectivity index (χ1) is 11.3. The molecule has 0 radical (unpaired) electrons. The maximum Gasteiger partial charge on any atom is 0.413 e. The van der Waals surface area contributed by atoms with E-state index in [0.717, 1.165) is 32.5 Å². The fourth-order valence-corrected chi connectivity index (χ4v) is 2.95. The minimum atomic E-state index is -0.649. The standard InChI is InChI=1S/C17H34N4O3/c1-13(2)18-8-10-20(5)11-16(22)19-17(23)24-12-15-7-6-9-21(15)14(3)4/h13-15,18H,6-12H2,1-5H3,(H,19,22,23)/t15-/m0/s1. The number of amides is 2. The molecule has 2 N–H and O–H groups in total. The predicted molar refractivity (Wildman–Crippen MR) is 95.0 cm³/mol. The summed E-state index contributed by atoms with van der Waals surface area (Å²) in [5.41, 5.74) is 0. The number of rotatable bonds is 9. The molecule has 0 aliphatic carbocycles. The van der Waals surface area contributed by atoms with E-state index < -0.39 is 6.09 Å². The molecule has 24 heavy (non-hydrogen) atoms. The van der Waals surface area contributed by atoms with Crippen LogP contribution in [0.1, 0.15) is 40.5 Å². The fourth-order valence-electron chi connectivity index (χ4n) is 2.95. The Morgan fingerprint density at radius 1 is 1.29 bits per heavy atom. The normalized spacial score (nSPS) is 18.6. The third-order valence-electron chi connectivity index (χ3n) is 4.19. The van der Waals surface area contributed by atoms with Crippen LogP contribution in [0.2, 0.25) is 0 Å². The lowest BCUT2D eigenvalue weighted by Gasteiger charge is -2.27. The van der Waals surface area contributed by atoms with Crippen LogP contribution in [0.3, 0.4) is 0 Å². The molecule has 0 unspecified atom stereocenters. The zero-order valence-corrected chi connectivity index (χ0v) is 15.8. The number of hydrogen-bond donors (Lipinski definition) is 2. The van der Waals surface area contributed by atoms with Gasteiger partial charge in [0.1, 0.15) is 6.61 Å². The van der Waals surface area contributed by atoms with Crippen molar-refractivity contribution in [3.8, 4) is 0 Å². The van der Waals surface area contributed by atoms with Gasteiger partial charge < -0.3 is 10.1 Å². The summed E-state index contributed by atoms with van der Waals surface area (Å²) >= 11 is 0. The van der Waals surface area contributed by atoms with Crippen LogP contribution in [0.5, 0.6) is 0 Å². The van der Waals surface area contributed by atoms with Crippen molar-refractivity contribution in [3.63, 3.8) is 0 Å². The summed E-state index contributed by atoms with van der Waals surface area (Å²) in [6, 6.07) is 1.12. The van der Waals surface area contributed by atoms with Crippen LogP contribution >= 0.6 is 0 Å². The SMILES string of the molecule is CC(C)NCCN(C)CC(=O)NC(=O)OC[C@@H]1CCCN1C(C)C. The number of carbonyl (C=O) groups is 2. The zero-order chi connectivity index (χ0) is 18.1. The number of nitrogens with one attached hydrogen (secondary N) is 2. The number of likely N-dealkylation sites (tertiary alicyclic amines) is 1. The van der Waals surface area contributed by atoms with Gasteiger partial charge in [-0.25, -0.2) is 4.79 Å². The fraction of sp³-hybridized carbons (Fsp3) is 0.882. The van der Waals surface area contributed by atoms with Gasteiger partial charge in [0.2, 0.25) is 5.91 Å². The first-order valence-electron chi connectivity index (χ1n) is 8.94. The summed E-state index contributed by atoms with van der Waals surface area (Å²) in [5.74, 6) is -0.334. The molecule has 0 aromatic heterocycles. The minimum absolute atomic E-state index is 0.177. The lowest BCUT2D eigenvalue weighted by molar-refractivity contribution is -0.121. The number of ether oxygens (including phenoxy) is 1. The molecule has 1 saturated heterocycles. The van der Waals surface area contributed by atoms with Crippen molar-refractivity contribution in [2.75, 3.05) is 39.8 Å². The zero-order valence-electron chi connectivity index (χ0n) is 15.8. The number of hydrogen-bond acceptors (Lipinski definition) is 6. The van der Waals surface area contributed by atoms with Crippen LogP contribution in [0.4, 0.5) is 4.79 Å². The van der Waals surface area contributed by atoms with Crippen LogP contribution in [0, 0.1) is 0 Å². The molecule has 7 nitrogen and oxygen atoms in total. The molecule has 1 rings (SSSR count). The van der Waals surface area contributed by atoms with E-state index >= 15 is 0 Å². The van der Waals surface area contributed by atoms with Crippen LogP contribution < -0.4 is 10.6 Å². The molecule has 7 heteroatoms. The minimum Gasteiger partial charge on any atom is -0.448 e. The molecular weight excluding hydrogens is 308 g/mol. The summed E-state index contributed by atoms with van der Waals surface area (Å²) in [5, 5.41) is 5.58. The van der Waals surface area contributed by atoms with E-state index in [1.54, 1.807) is 0 Å². The lowest BCUT2D eigenvalue weighted by Crippen LogP contribution is -2.43. The summed E-state index contributed by atoms with van der Waals surface area (Å²) in [7, 11) is 1.85. The van der Waals surface area contributed by atoms with E-state index in [-0.39, 0.29) is 18.5 Å². The van der Waals surface area contributed by atoms with E-state index in [0.29, 0.717) is 18.7 Å². The lowest BCUT2D eigenvalue weighted by atomic mass is 10.2. The molecule has 1 heterocycles. The van der Waals surface area contributed by atoms with Gasteiger partial charge in [0, 0.05) is 31.2 Å². The Labute approximate surface area is 146 Å². The monoisotopic (exact) mass is 342 g/mol. The number of alkyl carbamates (subject to hydrolysis) is 1. The number of nitrogens with zero attached hydrogens (tertiary/aromatic N) is 2. The molecular formula is C17H34N4O3. The maximum absolute atomic E-state index is 11.8. The van der Waals surface area contributed by atoms with Gasteiger partial charge in [0.05, 0.1) is 6.54 Å². The van der Waals surface area contributed by atoms with E-state index in [9.17, 15) is 9.59 Å². The van der Waals surface area contributed by atoms with Crippen molar-refractivity contribution in [1.82, 2.24) is 20.4 Å². The van der Waals surface area contributed by atoms with Gasteiger partial charge in [-0.15, -0.1) is 0 Å². The third-order valence-corrected chi connectivity index (χ3v) is 4.19. The second-order valence-corrected chi connectivity index (χ2v) is 7.12. The quantitative estimate of drug-likeness (QED) is 0.652. The highest BCUT2D eigenvalue weighted by Crippen LogP contribution is 2.19. The van der Waals surface area contributed by atoms with E-state index in [1.807, 2.05) is 11.9 Å². The van der Waals surface area contributed by atoms with Gasteiger partial charge in [0.25, 0.3) is 0 Å². The molecule has 1 aliphatic rings. The van der Waals surface area contributed by atoms with Crippen molar-refractivity contribution < 1.29 is 14.3 Å². The maximum atomic E-state index is 11.8. The molecule has 0 saturated carbocycles. The van der Waals surface area contributed by atoms with Gasteiger partial charge in [-0.1, -0.05) is 13.8 Å². The smallest absolute Gasteiger partial charge is 0.413 e. The summed E-state index contributed by atoms with van der Waals surface area (Å²) in [6.07, 6.45) is 1.51.